The summed E-state index contributed by atoms with van der Waals surface area (Å²) in [7, 11) is 0. The van der Waals surface area contributed by atoms with Gasteiger partial charge in [-0.25, -0.2) is 4.90 Å². The summed E-state index contributed by atoms with van der Waals surface area (Å²) in [6, 6.07) is 18.9. The van der Waals surface area contributed by atoms with Crippen LogP contribution in [0.4, 0.5) is 18.9 Å². The number of nitrogens with zero attached hydrogens (tertiary/aromatic N) is 2. The van der Waals surface area contributed by atoms with Crippen molar-refractivity contribution in [2.75, 3.05) is 4.90 Å². The zero-order valence-corrected chi connectivity index (χ0v) is 20.8. The molecule has 6 nitrogen and oxygen atoms in total. The molecule has 3 aliphatic rings. The quantitative estimate of drug-likeness (QED) is 0.332. The number of anilines is 1. The van der Waals surface area contributed by atoms with E-state index < -0.39 is 53.3 Å². The van der Waals surface area contributed by atoms with E-state index in [2.05, 4.69) is 0 Å². The Kier molecular flexibility index (Phi) is 6.02. The van der Waals surface area contributed by atoms with E-state index in [0.717, 1.165) is 23.1 Å². The molecule has 3 aliphatic heterocycles. The highest BCUT2D eigenvalue weighted by molar-refractivity contribution is 6.25. The van der Waals surface area contributed by atoms with Crippen molar-refractivity contribution in [2.24, 2.45) is 11.8 Å². The molecule has 0 aromatic heterocycles. The van der Waals surface area contributed by atoms with Crippen LogP contribution in [-0.4, -0.2) is 40.4 Å². The van der Waals surface area contributed by atoms with Crippen LogP contribution in [0.1, 0.15) is 26.3 Å². The lowest BCUT2D eigenvalue weighted by Crippen LogP contribution is -2.46. The summed E-state index contributed by atoms with van der Waals surface area (Å²) >= 11 is 0. The van der Waals surface area contributed by atoms with Crippen molar-refractivity contribution >= 4 is 29.1 Å². The van der Waals surface area contributed by atoms with Crippen molar-refractivity contribution in [3.8, 4) is 0 Å². The van der Waals surface area contributed by atoms with Gasteiger partial charge in [0.1, 0.15) is 6.04 Å². The van der Waals surface area contributed by atoms with Gasteiger partial charge in [0.25, 0.3) is 0 Å². The summed E-state index contributed by atoms with van der Waals surface area (Å²) < 4.78 is 40.3. The number of rotatable bonds is 5. The third-order valence-electron chi connectivity index (χ3n) is 7.60. The first-order valence-electron chi connectivity index (χ1n) is 12.6. The summed E-state index contributed by atoms with van der Waals surface area (Å²) in [5.74, 6) is -4.41. The smallest absolute Gasteiger partial charge is 0.359 e. The predicted octanol–water partition coefficient (Wildman–Crippen LogP) is 5.08. The van der Waals surface area contributed by atoms with E-state index in [1.54, 1.807) is 83.9 Å². The van der Waals surface area contributed by atoms with Crippen LogP contribution in [0.3, 0.4) is 0 Å². The molecule has 3 aromatic carbocycles. The molecule has 0 unspecified atom stereocenters. The van der Waals surface area contributed by atoms with Crippen LogP contribution in [0.15, 0.2) is 109 Å². The third kappa shape index (κ3) is 4.05. The van der Waals surface area contributed by atoms with Gasteiger partial charge < -0.3 is 4.90 Å². The fourth-order valence-electron chi connectivity index (χ4n) is 5.80. The molecular formula is C31H21F3N2O4. The SMILES string of the molecule is O=C(C1=C[C@@H]2[C@H]3C(=O)N(c4cccc(C(F)(F)F)c4)C(=O)[C@H]3[C@@H](C(=O)c3ccccc3)N2C=C1)c1ccccc1. The highest BCUT2D eigenvalue weighted by atomic mass is 19.4. The van der Waals surface area contributed by atoms with E-state index in [0.29, 0.717) is 11.1 Å². The maximum absolute atomic E-state index is 13.8. The number of fused-ring (bicyclic) bond motifs is 3. The van der Waals surface area contributed by atoms with Gasteiger partial charge in [0.05, 0.1) is 29.1 Å². The Morgan fingerprint density at radius 2 is 1.38 bits per heavy atom. The van der Waals surface area contributed by atoms with Crippen molar-refractivity contribution in [1.82, 2.24) is 4.90 Å². The third-order valence-corrected chi connectivity index (χ3v) is 7.60. The Bertz CT molecular complexity index is 1600. The average molecular weight is 543 g/mol. The first-order chi connectivity index (χ1) is 19.2. The Balaban J connectivity index is 1.43. The minimum absolute atomic E-state index is 0.215. The number of amides is 2. The second-order valence-electron chi connectivity index (χ2n) is 9.86. The van der Waals surface area contributed by atoms with E-state index in [1.807, 2.05) is 0 Å². The highest BCUT2D eigenvalue weighted by Crippen LogP contribution is 2.47. The Morgan fingerprint density at radius 3 is 2.02 bits per heavy atom. The van der Waals surface area contributed by atoms with Crippen LogP contribution >= 0.6 is 0 Å². The van der Waals surface area contributed by atoms with Crippen molar-refractivity contribution in [3.63, 3.8) is 0 Å². The molecule has 0 aliphatic carbocycles. The molecule has 2 amide bonds. The van der Waals surface area contributed by atoms with Gasteiger partial charge in [0.2, 0.25) is 11.8 Å². The number of halogens is 3. The second kappa shape index (κ2) is 9.44. The van der Waals surface area contributed by atoms with E-state index in [9.17, 15) is 32.3 Å². The van der Waals surface area contributed by atoms with Crippen LogP contribution < -0.4 is 4.90 Å². The van der Waals surface area contributed by atoms with Gasteiger partial charge in [-0.15, -0.1) is 0 Å². The molecular weight excluding hydrogens is 521 g/mol. The first-order valence-corrected chi connectivity index (χ1v) is 12.6. The minimum Gasteiger partial charge on any atom is -0.359 e. The number of benzene rings is 3. The number of carbonyl (C=O) groups is 4. The maximum Gasteiger partial charge on any atom is 0.416 e. The molecule has 2 saturated heterocycles. The standard InChI is InChI=1S/C31H21F3N2O4/c32-31(33,34)21-12-7-13-22(17-21)36-29(39)24-23-16-20(27(37)18-8-3-1-4-9-18)14-15-35(23)26(25(24)30(36)40)28(38)19-10-5-2-6-11-19/h1-17,23-26H/t23-,24-,25-,26+/m1/s1. The molecule has 3 aromatic rings. The molecule has 0 radical (unpaired) electrons. The lowest BCUT2D eigenvalue weighted by molar-refractivity contribution is -0.137. The number of imide groups is 1. The van der Waals surface area contributed by atoms with Crippen LogP contribution in [0.5, 0.6) is 0 Å². The van der Waals surface area contributed by atoms with Gasteiger partial charge in [0.15, 0.2) is 11.6 Å². The van der Waals surface area contributed by atoms with Crippen LogP contribution in [-0.2, 0) is 15.8 Å². The Morgan fingerprint density at radius 1 is 0.750 bits per heavy atom. The summed E-state index contributed by atoms with van der Waals surface area (Å²) in [6.07, 6.45) is 0.00746. The van der Waals surface area contributed by atoms with E-state index in [-0.39, 0.29) is 17.0 Å². The molecule has 0 N–H and O–H groups in total. The van der Waals surface area contributed by atoms with Crippen LogP contribution in [0.2, 0.25) is 0 Å². The van der Waals surface area contributed by atoms with Crippen molar-refractivity contribution < 1.29 is 32.3 Å². The Labute approximate surface area is 227 Å². The zero-order valence-electron chi connectivity index (χ0n) is 20.8. The van der Waals surface area contributed by atoms with Crippen LogP contribution in [0.25, 0.3) is 0 Å². The van der Waals surface area contributed by atoms with Gasteiger partial charge in [-0.1, -0.05) is 72.8 Å². The second-order valence-corrected chi connectivity index (χ2v) is 9.86. The minimum atomic E-state index is -4.68. The number of ketones is 2. The van der Waals surface area contributed by atoms with Gasteiger partial charge in [-0.05, 0) is 24.3 Å². The molecule has 0 spiro atoms. The largest absolute Gasteiger partial charge is 0.416 e. The number of hydrogen-bond acceptors (Lipinski definition) is 5. The molecule has 40 heavy (non-hydrogen) atoms. The van der Waals surface area contributed by atoms with Gasteiger partial charge >= 0.3 is 6.18 Å². The van der Waals surface area contributed by atoms with Crippen molar-refractivity contribution in [3.05, 3.63) is 126 Å². The number of alkyl halides is 3. The lowest BCUT2D eigenvalue weighted by atomic mass is 9.85. The molecule has 2 fully saturated rings. The highest BCUT2D eigenvalue weighted by Gasteiger charge is 2.63. The van der Waals surface area contributed by atoms with Gasteiger partial charge in [-0.2, -0.15) is 13.2 Å². The Hall–Kier alpha value is -4.79. The molecule has 0 bridgehead atoms. The predicted molar refractivity (Wildman–Crippen MR) is 139 cm³/mol. The summed E-state index contributed by atoms with van der Waals surface area (Å²) in [4.78, 5) is 57.0. The van der Waals surface area contributed by atoms with E-state index in [4.69, 9.17) is 0 Å². The average Bonchev–Trinajstić information content (AvgIpc) is 3.44. The molecule has 6 rings (SSSR count). The topological polar surface area (TPSA) is 74.8 Å². The molecule has 9 heteroatoms. The monoisotopic (exact) mass is 542 g/mol. The number of Topliss-reactive ketones (excluding diaryl/α,β-unsaturated/α-hetero) is 2. The van der Waals surface area contributed by atoms with E-state index in [1.165, 1.54) is 6.07 Å². The summed E-state index contributed by atoms with van der Waals surface area (Å²) in [5, 5.41) is 0. The molecule has 0 saturated carbocycles. The lowest BCUT2D eigenvalue weighted by Gasteiger charge is -2.33. The molecule has 4 atom stereocenters. The summed E-state index contributed by atoms with van der Waals surface area (Å²) in [5.41, 5.74) is -0.173. The van der Waals surface area contributed by atoms with E-state index >= 15 is 0 Å². The van der Waals surface area contributed by atoms with Crippen LogP contribution in [0, 0.1) is 11.8 Å². The zero-order chi connectivity index (χ0) is 28.2. The number of carbonyl (C=O) groups excluding carboxylic acids is 4. The maximum atomic E-state index is 13.8. The van der Waals surface area contributed by atoms with Gasteiger partial charge in [-0.3, -0.25) is 19.2 Å². The number of hydrogen-bond donors (Lipinski definition) is 0. The fourth-order valence-corrected chi connectivity index (χ4v) is 5.80. The molecule has 200 valence electrons. The summed E-state index contributed by atoms with van der Waals surface area (Å²) in [6.45, 7) is 0. The normalized spacial score (nSPS) is 23.6. The van der Waals surface area contributed by atoms with Crippen molar-refractivity contribution in [1.29, 1.82) is 0 Å². The van der Waals surface area contributed by atoms with Gasteiger partial charge in [0, 0.05) is 22.9 Å². The molecule has 3 heterocycles. The first kappa shape index (κ1) is 25.5. The van der Waals surface area contributed by atoms with Crippen molar-refractivity contribution in [2.45, 2.75) is 18.3 Å². The fraction of sp³-hybridized carbons (Fsp3) is 0.161. The number of allylic oxidation sites excluding steroid dienone is 2.